The molecule has 0 fully saturated rings. The Kier molecular flexibility index (Phi) is 9.65. The molecule has 11 nitrogen and oxygen atoms in total. The van der Waals surface area contributed by atoms with Crippen LogP contribution >= 0.6 is 0 Å². The first kappa shape index (κ1) is 30.3. The lowest BCUT2D eigenvalue weighted by Gasteiger charge is -2.34. The normalized spacial score (nSPS) is 13.3. The molecule has 40 heavy (non-hydrogen) atoms. The number of nitrogens with one attached hydrogen (secondary N) is 3. The van der Waals surface area contributed by atoms with Crippen molar-refractivity contribution in [1.82, 2.24) is 19.8 Å². The molecule has 214 valence electrons. The topological polar surface area (TPSA) is 155 Å². The van der Waals surface area contributed by atoms with E-state index >= 15 is 0 Å². The van der Waals surface area contributed by atoms with Crippen LogP contribution < -0.4 is 16.4 Å². The quantitative estimate of drug-likeness (QED) is 0.110. The SMILES string of the molecule is CCOC(=O)C(NCC(C)(C(=O)N(C)CC)c1ccc2c(c1)nc(CNc1ccc(C(=N)N)cc1)n2C)C(C)=O. The standard InChI is InChI=1S/C29H39N7O4/c1-7-35(5)28(39)29(4,17-33-25(18(3)37)27(38)40-8-2)20-11-14-23-22(15-20)34-24(36(23)6)16-32-21-12-9-19(10-13-21)26(30)31/h9-15,25,32-33H,7-8,16-17H2,1-6H3,(H3,30,31). The van der Waals surface area contributed by atoms with Crippen LogP contribution in [0.3, 0.4) is 0 Å². The van der Waals surface area contributed by atoms with Crippen LogP contribution in [0, 0.1) is 5.41 Å². The van der Waals surface area contributed by atoms with Crippen LogP contribution in [0.5, 0.6) is 0 Å². The number of amidine groups is 1. The second-order valence-corrected chi connectivity index (χ2v) is 9.96. The number of amides is 1. The molecule has 1 aromatic heterocycles. The van der Waals surface area contributed by atoms with E-state index in [1.807, 2.05) is 48.9 Å². The molecule has 0 spiro atoms. The minimum atomic E-state index is -1.17. The lowest BCUT2D eigenvalue weighted by atomic mass is 9.80. The summed E-state index contributed by atoms with van der Waals surface area (Å²) < 4.78 is 7.04. The lowest BCUT2D eigenvalue weighted by molar-refractivity contribution is -0.149. The number of imidazole rings is 1. The maximum absolute atomic E-state index is 13.6. The van der Waals surface area contributed by atoms with Crippen molar-refractivity contribution in [3.05, 3.63) is 59.4 Å². The summed E-state index contributed by atoms with van der Waals surface area (Å²) in [5.74, 6) is -0.396. The number of Topliss-reactive ketones (excluding diaryl/α,β-unsaturated/α-hetero) is 1. The highest BCUT2D eigenvalue weighted by molar-refractivity contribution is 6.02. The zero-order chi connectivity index (χ0) is 29.6. The van der Waals surface area contributed by atoms with Gasteiger partial charge >= 0.3 is 5.97 Å². The van der Waals surface area contributed by atoms with Crippen LogP contribution in [0.1, 0.15) is 44.6 Å². The predicted octanol–water partition coefficient (Wildman–Crippen LogP) is 2.32. The number of likely N-dealkylation sites (N-methyl/N-ethyl adjacent to an activating group) is 1. The maximum Gasteiger partial charge on any atom is 0.330 e. The number of carbonyl (C=O) groups excluding carboxylic acids is 3. The summed E-state index contributed by atoms with van der Waals surface area (Å²) in [4.78, 5) is 44.7. The second kappa shape index (κ2) is 12.7. The fourth-order valence-corrected chi connectivity index (χ4v) is 4.49. The van der Waals surface area contributed by atoms with Crippen LogP contribution in [0.4, 0.5) is 5.69 Å². The summed E-state index contributed by atoms with van der Waals surface area (Å²) in [6.45, 7) is 7.83. The number of nitrogen functional groups attached to an aromatic ring is 1. The lowest BCUT2D eigenvalue weighted by Crippen LogP contribution is -2.54. The van der Waals surface area contributed by atoms with Gasteiger partial charge < -0.3 is 25.3 Å². The largest absolute Gasteiger partial charge is 0.464 e. The molecule has 0 radical (unpaired) electrons. The van der Waals surface area contributed by atoms with Gasteiger partial charge in [0.05, 0.1) is 29.6 Å². The first-order valence-corrected chi connectivity index (χ1v) is 13.2. The van der Waals surface area contributed by atoms with Crippen molar-refractivity contribution < 1.29 is 19.1 Å². The van der Waals surface area contributed by atoms with Gasteiger partial charge in [-0.15, -0.1) is 0 Å². The maximum atomic E-state index is 13.6. The van der Waals surface area contributed by atoms with Gasteiger partial charge in [0, 0.05) is 38.4 Å². The Morgan fingerprint density at radius 3 is 2.42 bits per heavy atom. The van der Waals surface area contributed by atoms with Gasteiger partial charge in [-0.05, 0) is 69.7 Å². The summed E-state index contributed by atoms with van der Waals surface area (Å²) in [5.41, 5.74) is 8.29. The Hall–Kier alpha value is -4.25. The molecular formula is C29H39N7O4. The Labute approximate surface area is 234 Å². The molecule has 3 rings (SSSR count). The number of benzene rings is 2. The number of rotatable bonds is 13. The average Bonchev–Trinajstić information content (AvgIpc) is 3.25. The van der Waals surface area contributed by atoms with Gasteiger partial charge in [0.25, 0.3) is 0 Å². The molecule has 3 aromatic rings. The third-order valence-corrected chi connectivity index (χ3v) is 7.14. The first-order chi connectivity index (χ1) is 18.9. The smallest absolute Gasteiger partial charge is 0.330 e. The number of fused-ring (bicyclic) bond motifs is 1. The van der Waals surface area contributed by atoms with Crippen molar-refractivity contribution in [1.29, 1.82) is 5.41 Å². The number of aryl methyl sites for hydroxylation is 1. The van der Waals surface area contributed by atoms with E-state index in [9.17, 15) is 14.4 Å². The number of ketones is 1. The highest BCUT2D eigenvalue weighted by Gasteiger charge is 2.39. The van der Waals surface area contributed by atoms with Crippen molar-refractivity contribution in [3.63, 3.8) is 0 Å². The number of hydrogen-bond acceptors (Lipinski definition) is 8. The van der Waals surface area contributed by atoms with Crippen LogP contribution in [-0.4, -0.2) is 70.7 Å². The Morgan fingerprint density at radius 1 is 1.18 bits per heavy atom. The third-order valence-electron chi connectivity index (χ3n) is 7.14. The van der Waals surface area contributed by atoms with E-state index in [0.29, 0.717) is 24.2 Å². The molecule has 0 saturated heterocycles. The number of hydrogen-bond donors (Lipinski definition) is 4. The monoisotopic (exact) mass is 549 g/mol. The summed E-state index contributed by atoms with van der Waals surface area (Å²) in [7, 11) is 3.65. The van der Waals surface area contributed by atoms with E-state index in [1.54, 1.807) is 37.9 Å². The molecular weight excluding hydrogens is 510 g/mol. The number of carbonyl (C=O) groups is 3. The van der Waals surface area contributed by atoms with E-state index in [-0.39, 0.29) is 30.7 Å². The number of esters is 1. The zero-order valence-electron chi connectivity index (χ0n) is 24.0. The van der Waals surface area contributed by atoms with Crippen LogP contribution in [0.15, 0.2) is 42.5 Å². The van der Waals surface area contributed by atoms with Crippen LogP contribution in [0.25, 0.3) is 11.0 Å². The van der Waals surface area contributed by atoms with Gasteiger partial charge in [0.15, 0.2) is 11.8 Å². The van der Waals surface area contributed by atoms with Gasteiger partial charge in [-0.2, -0.15) is 0 Å². The molecule has 0 aliphatic heterocycles. The van der Waals surface area contributed by atoms with Gasteiger partial charge in [-0.25, -0.2) is 9.78 Å². The molecule has 2 aromatic carbocycles. The zero-order valence-corrected chi connectivity index (χ0v) is 24.0. The first-order valence-electron chi connectivity index (χ1n) is 13.2. The van der Waals surface area contributed by atoms with Crippen LogP contribution in [-0.2, 0) is 38.1 Å². The van der Waals surface area contributed by atoms with Crippen molar-refractivity contribution in [2.24, 2.45) is 12.8 Å². The van der Waals surface area contributed by atoms with E-state index in [0.717, 1.165) is 22.5 Å². The number of anilines is 1. The van der Waals surface area contributed by atoms with E-state index in [2.05, 4.69) is 10.6 Å². The minimum Gasteiger partial charge on any atom is -0.464 e. The summed E-state index contributed by atoms with van der Waals surface area (Å²) in [6, 6.07) is 11.8. The van der Waals surface area contributed by atoms with E-state index in [4.69, 9.17) is 20.9 Å². The Morgan fingerprint density at radius 2 is 1.85 bits per heavy atom. The molecule has 5 N–H and O–H groups in total. The minimum absolute atomic E-state index is 0.0150. The fourth-order valence-electron chi connectivity index (χ4n) is 4.49. The summed E-state index contributed by atoms with van der Waals surface area (Å²) >= 11 is 0. The molecule has 2 unspecified atom stereocenters. The van der Waals surface area contributed by atoms with Gasteiger partial charge in [0.1, 0.15) is 11.7 Å². The predicted molar refractivity (Wildman–Crippen MR) is 155 cm³/mol. The number of nitrogens with zero attached hydrogens (tertiary/aromatic N) is 3. The Balaban J connectivity index is 1.91. The molecule has 1 amide bonds. The highest BCUT2D eigenvalue weighted by Crippen LogP contribution is 2.29. The third kappa shape index (κ3) is 6.48. The van der Waals surface area contributed by atoms with Crippen molar-refractivity contribution in [2.75, 3.05) is 32.1 Å². The summed E-state index contributed by atoms with van der Waals surface area (Å²) in [6.07, 6.45) is 0. The number of aromatic nitrogens is 2. The number of ether oxygens (including phenoxy) is 1. The second-order valence-electron chi connectivity index (χ2n) is 9.96. The highest BCUT2D eigenvalue weighted by atomic mass is 16.5. The number of nitrogens with two attached hydrogens (primary N) is 1. The van der Waals surface area contributed by atoms with Crippen molar-refractivity contribution in [2.45, 2.75) is 45.7 Å². The molecule has 0 saturated carbocycles. The van der Waals surface area contributed by atoms with Crippen molar-refractivity contribution >= 4 is 40.2 Å². The van der Waals surface area contributed by atoms with Gasteiger partial charge in [-0.1, -0.05) is 6.07 Å². The average molecular weight is 550 g/mol. The van der Waals surface area contributed by atoms with Crippen molar-refractivity contribution in [3.8, 4) is 0 Å². The molecule has 0 bridgehead atoms. The molecule has 2 atom stereocenters. The molecule has 0 aliphatic rings. The molecule has 11 heteroatoms. The van der Waals surface area contributed by atoms with Crippen LogP contribution in [0.2, 0.25) is 0 Å². The van der Waals surface area contributed by atoms with Gasteiger partial charge in [0.2, 0.25) is 5.91 Å². The molecule has 1 heterocycles. The Bertz CT molecular complexity index is 1400. The fraction of sp³-hybridized carbons (Fsp3) is 0.414. The van der Waals surface area contributed by atoms with E-state index < -0.39 is 17.4 Å². The molecule has 0 aliphatic carbocycles. The van der Waals surface area contributed by atoms with Gasteiger partial charge in [-0.3, -0.25) is 20.3 Å². The van der Waals surface area contributed by atoms with E-state index in [1.165, 1.54) is 6.92 Å². The summed E-state index contributed by atoms with van der Waals surface area (Å²) in [5, 5.41) is 13.9.